The van der Waals surface area contributed by atoms with Crippen LogP contribution in [0.2, 0.25) is 0 Å². The number of amides is 2. The topological polar surface area (TPSA) is 139 Å². The zero-order valence-corrected chi connectivity index (χ0v) is 30.1. The number of aliphatic hydroxyl groups excluding tert-OH is 4. The number of hydrogen-bond acceptors (Lipinski definition) is 6. The molecule has 8 nitrogen and oxygen atoms in total. The van der Waals surface area contributed by atoms with E-state index in [4.69, 9.17) is 0 Å². The van der Waals surface area contributed by atoms with Crippen LogP contribution in [-0.4, -0.2) is 69.7 Å². The van der Waals surface area contributed by atoms with Gasteiger partial charge in [-0.3, -0.25) is 9.59 Å². The Labute approximate surface area is 283 Å². The van der Waals surface area contributed by atoms with E-state index in [1.165, 1.54) is 51.4 Å². The molecule has 0 saturated carbocycles. The largest absolute Gasteiger partial charge is 0.390 e. The summed E-state index contributed by atoms with van der Waals surface area (Å²) in [5.74, 6) is 0.0325. The summed E-state index contributed by atoms with van der Waals surface area (Å²) >= 11 is 0. The maximum atomic E-state index is 12.1. The minimum Gasteiger partial charge on any atom is -0.390 e. The van der Waals surface area contributed by atoms with Crippen LogP contribution in [0.1, 0.15) is 194 Å². The molecule has 0 bridgehead atoms. The Morgan fingerprint density at radius 3 is 0.913 bits per heavy atom. The highest BCUT2D eigenvalue weighted by Gasteiger charge is 2.16. The molecule has 0 aliphatic carbocycles. The van der Waals surface area contributed by atoms with Crippen molar-refractivity contribution in [1.29, 1.82) is 0 Å². The predicted octanol–water partition coefficient (Wildman–Crippen LogP) is 7.63. The number of carbonyl (C=O) groups excluding carboxylic acids is 2. The summed E-state index contributed by atoms with van der Waals surface area (Å²) < 4.78 is 0. The van der Waals surface area contributed by atoms with Gasteiger partial charge in [-0.15, -0.1) is 0 Å². The van der Waals surface area contributed by atoms with Gasteiger partial charge in [-0.1, -0.05) is 142 Å². The smallest absolute Gasteiger partial charge is 0.220 e. The Hall–Kier alpha value is -1.22. The molecule has 0 aromatic heterocycles. The maximum absolute atomic E-state index is 12.1. The molecule has 274 valence electrons. The van der Waals surface area contributed by atoms with Gasteiger partial charge in [-0.25, -0.2) is 0 Å². The van der Waals surface area contributed by atoms with Crippen LogP contribution >= 0.6 is 0 Å². The minimum absolute atomic E-state index is 0.0162. The van der Waals surface area contributed by atoms with Crippen molar-refractivity contribution < 1.29 is 30.0 Å². The van der Waals surface area contributed by atoms with Gasteiger partial charge in [0.25, 0.3) is 0 Å². The summed E-state index contributed by atoms with van der Waals surface area (Å²) in [5, 5.41) is 46.4. The van der Waals surface area contributed by atoms with Gasteiger partial charge in [0.05, 0.1) is 24.4 Å². The third kappa shape index (κ3) is 30.1. The highest BCUT2D eigenvalue weighted by molar-refractivity contribution is 5.77. The molecule has 46 heavy (non-hydrogen) atoms. The molecule has 2 amide bonds. The molecule has 6 N–H and O–H groups in total. The van der Waals surface area contributed by atoms with Gasteiger partial charge in [0, 0.05) is 25.9 Å². The van der Waals surface area contributed by atoms with E-state index in [0.717, 1.165) is 89.9 Å². The number of hydrogen-bond donors (Lipinski definition) is 6. The Kier molecular flexibility index (Phi) is 32.8. The molecule has 0 saturated heterocycles. The predicted molar refractivity (Wildman–Crippen MR) is 191 cm³/mol. The molecular formula is C38H76N2O6. The van der Waals surface area contributed by atoms with Gasteiger partial charge in [0.1, 0.15) is 0 Å². The molecule has 0 aromatic rings. The van der Waals surface area contributed by atoms with E-state index in [0.29, 0.717) is 51.6 Å². The highest BCUT2D eigenvalue weighted by Crippen LogP contribution is 2.16. The number of aliphatic hydroxyl groups is 4. The zero-order chi connectivity index (χ0) is 34.1. The quantitative estimate of drug-likeness (QED) is 0.0388. The fourth-order valence-electron chi connectivity index (χ4n) is 5.96. The van der Waals surface area contributed by atoms with Crippen LogP contribution in [0.25, 0.3) is 0 Å². The summed E-state index contributed by atoms with van der Waals surface area (Å²) in [6, 6.07) is 0. The summed E-state index contributed by atoms with van der Waals surface area (Å²) in [6.07, 6.45) is 24.8. The normalized spacial score (nSPS) is 14.1. The van der Waals surface area contributed by atoms with Gasteiger partial charge in [-0.05, 0) is 38.5 Å². The highest BCUT2D eigenvalue weighted by atomic mass is 16.3. The van der Waals surface area contributed by atoms with Gasteiger partial charge < -0.3 is 31.1 Å². The monoisotopic (exact) mass is 657 g/mol. The van der Waals surface area contributed by atoms with Gasteiger partial charge >= 0.3 is 0 Å². The molecule has 0 aliphatic heterocycles. The number of nitrogens with one attached hydrogen (secondary N) is 2. The molecule has 0 heterocycles. The second kappa shape index (κ2) is 33.7. The Balaban J connectivity index is 3.53. The molecule has 0 spiro atoms. The average Bonchev–Trinajstić information content (AvgIpc) is 3.04. The Morgan fingerprint density at radius 1 is 0.391 bits per heavy atom. The van der Waals surface area contributed by atoms with Crippen molar-refractivity contribution in [3.63, 3.8) is 0 Å². The van der Waals surface area contributed by atoms with Crippen molar-refractivity contribution in [3.05, 3.63) is 0 Å². The van der Waals surface area contributed by atoms with Crippen LogP contribution < -0.4 is 10.6 Å². The first-order valence-electron chi connectivity index (χ1n) is 19.6. The third-order valence-corrected chi connectivity index (χ3v) is 9.17. The summed E-state index contributed by atoms with van der Waals surface area (Å²) in [5.41, 5.74) is 0. The van der Waals surface area contributed by atoms with E-state index in [9.17, 15) is 30.0 Å². The van der Waals surface area contributed by atoms with Crippen molar-refractivity contribution in [2.75, 3.05) is 13.1 Å². The Bertz CT molecular complexity index is 624. The molecule has 4 unspecified atom stereocenters. The second-order valence-corrected chi connectivity index (χ2v) is 13.7. The fourth-order valence-corrected chi connectivity index (χ4v) is 5.96. The molecule has 8 heteroatoms. The van der Waals surface area contributed by atoms with Gasteiger partial charge in [0.15, 0.2) is 0 Å². The number of unbranched alkanes of at least 4 members (excludes halogenated alkanes) is 18. The summed E-state index contributed by atoms with van der Waals surface area (Å²) in [6.45, 7) is 5.29. The minimum atomic E-state index is -0.626. The number of rotatable bonds is 35. The van der Waals surface area contributed by atoms with Crippen molar-refractivity contribution in [3.8, 4) is 0 Å². The van der Waals surface area contributed by atoms with Crippen molar-refractivity contribution in [1.82, 2.24) is 10.6 Å². The van der Waals surface area contributed by atoms with E-state index >= 15 is 0 Å². The third-order valence-electron chi connectivity index (χ3n) is 9.17. The SMILES string of the molecule is CCCCCCCCC(O)C(O)CCCCCCCC(=O)NCCNC(=O)CCCCCCCC(O)C(O)CCCCCCCC. The fraction of sp³-hybridized carbons (Fsp3) is 0.947. The first-order valence-corrected chi connectivity index (χ1v) is 19.6. The van der Waals surface area contributed by atoms with Crippen LogP contribution in [0.3, 0.4) is 0 Å². The lowest BCUT2D eigenvalue weighted by Crippen LogP contribution is -2.34. The molecule has 0 radical (unpaired) electrons. The van der Waals surface area contributed by atoms with E-state index < -0.39 is 24.4 Å². The van der Waals surface area contributed by atoms with Crippen LogP contribution in [-0.2, 0) is 9.59 Å². The van der Waals surface area contributed by atoms with E-state index in [1.807, 2.05) is 0 Å². The van der Waals surface area contributed by atoms with Crippen LogP contribution in [0.4, 0.5) is 0 Å². The van der Waals surface area contributed by atoms with E-state index in [2.05, 4.69) is 24.5 Å². The molecule has 0 aromatic carbocycles. The maximum Gasteiger partial charge on any atom is 0.220 e. The van der Waals surface area contributed by atoms with Crippen molar-refractivity contribution >= 4 is 11.8 Å². The molecule has 4 atom stereocenters. The zero-order valence-electron chi connectivity index (χ0n) is 30.1. The number of carbonyl (C=O) groups is 2. The molecule has 0 aliphatic rings. The van der Waals surface area contributed by atoms with Crippen LogP contribution in [0.5, 0.6) is 0 Å². The Morgan fingerprint density at radius 2 is 0.630 bits per heavy atom. The lowest BCUT2D eigenvalue weighted by Gasteiger charge is -2.17. The molecular weight excluding hydrogens is 580 g/mol. The average molecular weight is 657 g/mol. The van der Waals surface area contributed by atoms with Crippen molar-refractivity contribution in [2.24, 2.45) is 0 Å². The summed E-state index contributed by atoms with van der Waals surface area (Å²) in [7, 11) is 0. The van der Waals surface area contributed by atoms with Crippen LogP contribution in [0, 0.1) is 0 Å². The summed E-state index contributed by atoms with van der Waals surface area (Å²) in [4.78, 5) is 24.1. The van der Waals surface area contributed by atoms with E-state index in [-0.39, 0.29) is 11.8 Å². The van der Waals surface area contributed by atoms with Crippen LogP contribution in [0.15, 0.2) is 0 Å². The first-order chi connectivity index (χ1) is 22.3. The standard InChI is InChI=1S/C38H76N2O6/c1-3-5-7-9-13-19-25-33(41)35(43)27-21-15-11-17-23-29-37(45)39-31-32-40-38(46)30-24-18-12-16-22-28-36(44)34(42)26-20-14-10-8-6-4-2/h33-36,41-44H,3-32H2,1-2H3,(H,39,45)(H,40,46). The van der Waals surface area contributed by atoms with Gasteiger partial charge in [0.2, 0.25) is 11.8 Å². The molecule has 0 fully saturated rings. The van der Waals surface area contributed by atoms with Gasteiger partial charge in [-0.2, -0.15) is 0 Å². The molecule has 0 rings (SSSR count). The lowest BCUT2D eigenvalue weighted by molar-refractivity contribution is -0.123. The van der Waals surface area contributed by atoms with Crippen molar-refractivity contribution in [2.45, 2.75) is 218 Å². The van der Waals surface area contributed by atoms with E-state index in [1.54, 1.807) is 0 Å². The second-order valence-electron chi connectivity index (χ2n) is 13.7. The lowest BCUT2D eigenvalue weighted by atomic mass is 9.99. The first kappa shape index (κ1) is 44.8.